The molecule has 0 spiro atoms. The molecule has 0 saturated carbocycles. The minimum absolute atomic E-state index is 0.0746. The smallest absolute Gasteiger partial charge is 0.415 e. The van der Waals surface area contributed by atoms with Crippen LogP contribution < -0.4 is 10.6 Å². The number of rotatable bonds is 5. The van der Waals surface area contributed by atoms with Crippen LogP contribution in [0.15, 0.2) is 22.8 Å². The van der Waals surface area contributed by atoms with E-state index in [-0.39, 0.29) is 19.5 Å². The van der Waals surface area contributed by atoms with E-state index in [0.29, 0.717) is 12.2 Å². The maximum absolute atomic E-state index is 12.6. The number of carbonyl (C=O) groups is 2. The van der Waals surface area contributed by atoms with E-state index in [9.17, 15) is 27.9 Å². The predicted octanol–water partition coefficient (Wildman–Crippen LogP) is 0.993. The molecule has 0 radical (unpaired) electrons. The van der Waals surface area contributed by atoms with Gasteiger partial charge in [-0.3, -0.25) is 15.0 Å². The molecule has 134 valence electrons. The maximum atomic E-state index is 12.6. The molecule has 1 fully saturated rings. The first-order valence-corrected chi connectivity index (χ1v) is 7.36. The molecule has 1 aliphatic heterocycles. The zero-order valence-electron chi connectivity index (χ0n) is 12.7. The lowest BCUT2D eigenvalue weighted by atomic mass is 10.1. The first-order valence-electron chi connectivity index (χ1n) is 7.36. The number of aliphatic hydroxyl groups excluding tert-OH is 1. The largest absolute Gasteiger partial charge is 0.467 e. The van der Waals surface area contributed by atoms with E-state index in [4.69, 9.17) is 4.42 Å². The predicted molar refractivity (Wildman–Crippen MR) is 75.7 cm³/mol. The fourth-order valence-corrected chi connectivity index (χ4v) is 2.60. The molecule has 7 nitrogen and oxygen atoms in total. The first-order chi connectivity index (χ1) is 11.3. The third kappa shape index (κ3) is 4.96. The number of carbonyl (C=O) groups excluding carboxylic acids is 2. The van der Waals surface area contributed by atoms with Crippen LogP contribution in [0.1, 0.15) is 18.6 Å². The van der Waals surface area contributed by atoms with Crippen LogP contribution in [0.2, 0.25) is 0 Å². The van der Waals surface area contributed by atoms with Crippen molar-refractivity contribution < 1.29 is 32.3 Å². The van der Waals surface area contributed by atoms with Crippen LogP contribution in [0.25, 0.3) is 0 Å². The minimum atomic E-state index is -4.75. The number of likely N-dealkylation sites (tertiary alicyclic amines) is 1. The van der Waals surface area contributed by atoms with Crippen LogP contribution in [-0.2, 0) is 11.3 Å². The number of amides is 3. The number of nitrogens with zero attached hydrogens (tertiary/aromatic N) is 1. The third-order valence-corrected chi connectivity index (χ3v) is 3.72. The number of hydrogen-bond acceptors (Lipinski definition) is 5. The number of aliphatic hydroxyl groups is 1. The van der Waals surface area contributed by atoms with Crippen LogP contribution in [-0.4, -0.2) is 53.4 Å². The van der Waals surface area contributed by atoms with Crippen molar-refractivity contribution in [3.8, 4) is 0 Å². The van der Waals surface area contributed by atoms with Gasteiger partial charge in [-0.15, -0.1) is 0 Å². The van der Waals surface area contributed by atoms with Crippen molar-refractivity contribution in [3.63, 3.8) is 0 Å². The van der Waals surface area contributed by atoms with Gasteiger partial charge >= 0.3 is 12.2 Å². The SMILES string of the molecule is O=C(CN1CCC[C@@H]1[C@@H](O)C(F)(F)F)NC(=O)NCc1ccco1. The molecule has 1 aliphatic rings. The molecule has 3 amide bonds. The van der Waals surface area contributed by atoms with Gasteiger partial charge in [-0.2, -0.15) is 13.2 Å². The average molecular weight is 349 g/mol. The first kappa shape index (κ1) is 18.3. The summed E-state index contributed by atoms with van der Waals surface area (Å²) in [6.07, 6.45) is -5.25. The molecule has 0 aliphatic carbocycles. The normalized spacial score (nSPS) is 19.9. The molecule has 1 aromatic rings. The van der Waals surface area contributed by atoms with Gasteiger partial charge in [0.15, 0.2) is 6.10 Å². The van der Waals surface area contributed by atoms with E-state index in [1.165, 1.54) is 11.2 Å². The third-order valence-electron chi connectivity index (χ3n) is 3.72. The Morgan fingerprint density at radius 1 is 1.46 bits per heavy atom. The molecule has 2 rings (SSSR count). The second-order valence-corrected chi connectivity index (χ2v) is 5.48. The molecular formula is C14H18F3N3O4. The van der Waals surface area contributed by atoms with Crippen LogP contribution in [0.4, 0.5) is 18.0 Å². The summed E-state index contributed by atoms with van der Waals surface area (Å²) in [6, 6.07) is 1.32. The van der Waals surface area contributed by atoms with Crippen LogP contribution in [0.5, 0.6) is 0 Å². The van der Waals surface area contributed by atoms with E-state index in [0.717, 1.165) is 0 Å². The summed E-state index contributed by atoms with van der Waals surface area (Å²) in [4.78, 5) is 24.6. The molecular weight excluding hydrogens is 331 g/mol. The van der Waals surface area contributed by atoms with Gasteiger partial charge in [0.1, 0.15) is 5.76 Å². The Morgan fingerprint density at radius 3 is 2.83 bits per heavy atom. The molecule has 2 heterocycles. The fraction of sp³-hybridized carbons (Fsp3) is 0.571. The highest BCUT2D eigenvalue weighted by Gasteiger charge is 2.47. The standard InChI is InChI=1S/C14H18F3N3O4/c15-14(16,17)12(22)10-4-1-5-20(10)8-11(21)19-13(23)18-7-9-3-2-6-24-9/h2-3,6,10,12,22H,1,4-5,7-8H2,(H2,18,19,21,23)/t10-,12-/m1/s1. The van der Waals surface area contributed by atoms with Gasteiger partial charge in [-0.05, 0) is 31.5 Å². The summed E-state index contributed by atoms with van der Waals surface area (Å²) in [5.74, 6) is -0.251. The van der Waals surface area contributed by atoms with Gasteiger partial charge < -0.3 is 14.8 Å². The number of nitrogens with one attached hydrogen (secondary N) is 2. The van der Waals surface area contributed by atoms with Gasteiger partial charge in [-0.1, -0.05) is 0 Å². The molecule has 1 aromatic heterocycles. The minimum Gasteiger partial charge on any atom is -0.467 e. The molecule has 10 heteroatoms. The van der Waals surface area contributed by atoms with Crippen molar-refractivity contribution >= 4 is 11.9 Å². The highest BCUT2D eigenvalue weighted by atomic mass is 19.4. The zero-order valence-corrected chi connectivity index (χ0v) is 12.7. The number of halogens is 3. The van der Waals surface area contributed by atoms with Gasteiger partial charge in [0.05, 0.1) is 19.4 Å². The van der Waals surface area contributed by atoms with E-state index in [1.54, 1.807) is 12.1 Å². The van der Waals surface area contributed by atoms with Crippen molar-refractivity contribution in [1.82, 2.24) is 15.5 Å². The summed E-state index contributed by atoms with van der Waals surface area (Å²) in [6.45, 7) is -0.0730. The van der Waals surface area contributed by atoms with Gasteiger partial charge in [0, 0.05) is 6.04 Å². The number of imide groups is 1. The summed E-state index contributed by atoms with van der Waals surface area (Å²) < 4.78 is 42.8. The van der Waals surface area contributed by atoms with Crippen LogP contribution in [0.3, 0.4) is 0 Å². The van der Waals surface area contributed by atoms with Crippen LogP contribution in [0, 0.1) is 0 Å². The van der Waals surface area contributed by atoms with Crippen molar-refractivity contribution in [1.29, 1.82) is 0 Å². The lowest BCUT2D eigenvalue weighted by Crippen LogP contribution is -2.51. The maximum Gasteiger partial charge on any atom is 0.415 e. The van der Waals surface area contributed by atoms with Crippen LogP contribution >= 0.6 is 0 Å². The number of urea groups is 1. The Kier molecular flexibility index (Phi) is 5.84. The van der Waals surface area contributed by atoms with Crippen molar-refractivity contribution in [2.75, 3.05) is 13.1 Å². The quantitative estimate of drug-likeness (QED) is 0.737. The lowest BCUT2D eigenvalue weighted by molar-refractivity contribution is -0.219. The molecule has 2 atom stereocenters. The number of hydrogen-bond donors (Lipinski definition) is 3. The highest BCUT2D eigenvalue weighted by molar-refractivity contribution is 5.95. The molecule has 24 heavy (non-hydrogen) atoms. The number of alkyl halides is 3. The Morgan fingerprint density at radius 2 is 2.21 bits per heavy atom. The summed E-state index contributed by atoms with van der Waals surface area (Å²) in [5, 5.41) is 13.8. The van der Waals surface area contributed by atoms with Crippen molar-refractivity contribution in [3.05, 3.63) is 24.2 Å². The summed E-state index contributed by atoms with van der Waals surface area (Å²) >= 11 is 0. The Labute approximate surface area is 135 Å². The van der Waals surface area contributed by atoms with E-state index in [2.05, 4.69) is 5.32 Å². The Balaban J connectivity index is 1.79. The fourth-order valence-electron chi connectivity index (χ4n) is 2.60. The molecule has 1 saturated heterocycles. The molecule has 0 aromatic carbocycles. The second-order valence-electron chi connectivity index (χ2n) is 5.48. The second kappa shape index (κ2) is 7.67. The van der Waals surface area contributed by atoms with Crippen molar-refractivity contribution in [2.24, 2.45) is 0 Å². The Bertz CT molecular complexity index is 562. The number of furan rings is 1. The van der Waals surface area contributed by atoms with Gasteiger partial charge in [0.2, 0.25) is 5.91 Å². The topological polar surface area (TPSA) is 94.8 Å². The monoisotopic (exact) mass is 349 g/mol. The van der Waals surface area contributed by atoms with E-state index in [1.807, 2.05) is 5.32 Å². The van der Waals surface area contributed by atoms with Crippen molar-refractivity contribution in [2.45, 2.75) is 37.7 Å². The van der Waals surface area contributed by atoms with E-state index < -0.39 is 36.8 Å². The average Bonchev–Trinajstić information content (AvgIpc) is 3.14. The molecule has 0 bridgehead atoms. The van der Waals surface area contributed by atoms with Gasteiger partial charge in [0.25, 0.3) is 0 Å². The summed E-state index contributed by atoms with van der Waals surface area (Å²) in [5.41, 5.74) is 0. The van der Waals surface area contributed by atoms with Gasteiger partial charge in [-0.25, -0.2) is 4.79 Å². The highest BCUT2D eigenvalue weighted by Crippen LogP contribution is 2.30. The molecule has 3 N–H and O–H groups in total. The van der Waals surface area contributed by atoms with E-state index >= 15 is 0 Å². The zero-order chi connectivity index (χ0) is 17.7. The lowest BCUT2D eigenvalue weighted by Gasteiger charge is -2.29. The molecule has 0 unspecified atom stereocenters. The Hall–Kier alpha value is -2.07. The summed E-state index contributed by atoms with van der Waals surface area (Å²) in [7, 11) is 0.